The Labute approximate surface area is 266 Å². The highest BCUT2D eigenvalue weighted by Crippen LogP contribution is 2.31. The number of aliphatic hydroxyl groups excluding tert-OH is 1. The van der Waals surface area contributed by atoms with E-state index in [4.69, 9.17) is 9.47 Å². The third kappa shape index (κ3) is 8.77. The number of para-hydroxylation sites is 1. The number of nitrogens with zero attached hydrogens (tertiary/aromatic N) is 2. The van der Waals surface area contributed by atoms with Crippen molar-refractivity contribution in [2.75, 3.05) is 32.1 Å². The Morgan fingerprint density at radius 1 is 1.04 bits per heavy atom. The second-order valence-corrected chi connectivity index (χ2v) is 12.5. The Hall–Kier alpha value is -4.08. The number of carbonyl (C=O) groups excluding carboxylic acids is 2. The van der Waals surface area contributed by atoms with Crippen LogP contribution in [0, 0.1) is 5.92 Å². The zero-order valence-corrected chi connectivity index (χ0v) is 26.6. The summed E-state index contributed by atoms with van der Waals surface area (Å²) in [6.07, 6.45) is 5.21. The van der Waals surface area contributed by atoms with E-state index in [9.17, 15) is 14.7 Å². The minimum atomic E-state index is -0.368. The molecule has 2 aliphatic rings. The molecule has 0 spiro atoms. The van der Waals surface area contributed by atoms with Gasteiger partial charge in [-0.15, -0.1) is 0 Å². The zero-order chi connectivity index (χ0) is 31.8. The SMILES string of the molecule is C[C@H]1CN([C@@H](C)CO)C(=O)c2cc(NC(=O)NC3CCCCC3)ccc2O[C@H]1CN(C)Cc1ccc(Oc2ccccc2)cc1. The predicted octanol–water partition coefficient (Wildman–Crippen LogP) is 6.29. The molecule has 1 aliphatic carbocycles. The Bertz CT molecular complexity index is 1410. The van der Waals surface area contributed by atoms with Gasteiger partial charge in [0.25, 0.3) is 5.91 Å². The molecule has 240 valence electrons. The van der Waals surface area contributed by atoms with E-state index in [0.29, 0.717) is 36.6 Å². The number of carbonyl (C=O) groups is 2. The normalized spacial score (nSPS) is 19.6. The van der Waals surface area contributed by atoms with Crippen molar-refractivity contribution < 1.29 is 24.2 Å². The highest BCUT2D eigenvalue weighted by atomic mass is 16.5. The average molecular weight is 615 g/mol. The quantitative estimate of drug-likeness (QED) is 0.248. The number of fused-ring (bicyclic) bond motifs is 1. The topological polar surface area (TPSA) is 103 Å². The minimum absolute atomic E-state index is 0.000675. The van der Waals surface area contributed by atoms with Gasteiger partial charge in [0.1, 0.15) is 23.4 Å². The van der Waals surface area contributed by atoms with Crippen LogP contribution in [0.1, 0.15) is 61.9 Å². The number of anilines is 1. The molecule has 0 aromatic heterocycles. The maximum atomic E-state index is 13.8. The van der Waals surface area contributed by atoms with Gasteiger partial charge in [0.05, 0.1) is 18.2 Å². The smallest absolute Gasteiger partial charge is 0.319 e. The van der Waals surface area contributed by atoms with E-state index in [2.05, 4.69) is 41.6 Å². The summed E-state index contributed by atoms with van der Waals surface area (Å²) >= 11 is 0. The highest BCUT2D eigenvalue weighted by Gasteiger charge is 2.33. The molecule has 1 heterocycles. The molecular formula is C36H46N4O5. The number of hydrogen-bond donors (Lipinski definition) is 3. The Balaban J connectivity index is 1.28. The number of rotatable bonds is 10. The van der Waals surface area contributed by atoms with E-state index in [0.717, 1.165) is 42.7 Å². The van der Waals surface area contributed by atoms with Crippen molar-refractivity contribution in [3.63, 3.8) is 0 Å². The van der Waals surface area contributed by atoms with Crippen LogP contribution < -0.4 is 20.1 Å². The van der Waals surface area contributed by atoms with Crippen LogP contribution in [-0.4, -0.2) is 71.8 Å². The lowest BCUT2D eigenvalue weighted by Gasteiger charge is -2.38. The molecule has 3 aromatic carbocycles. The van der Waals surface area contributed by atoms with Gasteiger partial charge in [0.2, 0.25) is 0 Å². The van der Waals surface area contributed by atoms with Crippen molar-refractivity contribution in [2.24, 2.45) is 5.92 Å². The largest absolute Gasteiger partial charge is 0.488 e. The van der Waals surface area contributed by atoms with E-state index in [1.807, 2.05) is 49.4 Å². The summed E-state index contributed by atoms with van der Waals surface area (Å²) in [5.74, 6) is 1.83. The van der Waals surface area contributed by atoms with E-state index in [1.54, 1.807) is 23.1 Å². The molecule has 45 heavy (non-hydrogen) atoms. The number of aliphatic hydroxyl groups is 1. The molecular weight excluding hydrogens is 568 g/mol. The molecule has 0 radical (unpaired) electrons. The van der Waals surface area contributed by atoms with Gasteiger partial charge in [-0.05, 0) is 74.8 Å². The van der Waals surface area contributed by atoms with Crippen molar-refractivity contribution >= 4 is 17.6 Å². The Morgan fingerprint density at radius 3 is 2.47 bits per heavy atom. The van der Waals surface area contributed by atoms with Crippen molar-refractivity contribution in [1.82, 2.24) is 15.1 Å². The fourth-order valence-corrected chi connectivity index (χ4v) is 6.09. The maximum Gasteiger partial charge on any atom is 0.319 e. The predicted molar refractivity (Wildman–Crippen MR) is 176 cm³/mol. The lowest BCUT2D eigenvalue weighted by Crippen LogP contribution is -2.49. The van der Waals surface area contributed by atoms with E-state index in [1.165, 1.54) is 6.42 Å². The van der Waals surface area contributed by atoms with Gasteiger partial charge in [-0.1, -0.05) is 56.5 Å². The number of amides is 3. The Kier molecular flexibility index (Phi) is 11.0. The summed E-state index contributed by atoms with van der Waals surface area (Å²) in [6.45, 7) is 5.55. The first-order valence-corrected chi connectivity index (χ1v) is 16.1. The lowest BCUT2D eigenvalue weighted by molar-refractivity contribution is 0.0341. The van der Waals surface area contributed by atoms with Crippen LogP contribution in [0.4, 0.5) is 10.5 Å². The standard InChI is InChI=1S/C36H46N4O5/c1-25-21-40(26(2)24-41)35(42)32-20-29(38-36(43)37-28-10-6-4-7-11-28)16-19-33(32)45-34(25)23-39(3)22-27-14-17-31(18-15-27)44-30-12-8-5-9-13-30/h5,8-9,12-20,25-26,28,34,41H,4,6-7,10-11,21-24H2,1-3H3,(H2,37,38,43)/t25-,26-,34-/m0/s1. The molecule has 5 rings (SSSR count). The first-order valence-electron chi connectivity index (χ1n) is 16.1. The summed E-state index contributed by atoms with van der Waals surface area (Å²) in [5.41, 5.74) is 2.04. The van der Waals surface area contributed by atoms with Crippen LogP contribution in [0.25, 0.3) is 0 Å². The molecule has 1 aliphatic heterocycles. The number of hydrogen-bond acceptors (Lipinski definition) is 6. The van der Waals surface area contributed by atoms with Gasteiger partial charge in [-0.3, -0.25) is 9.69 Å². The van der Waals surface area contributed by atoms with Gasteiger partial charge < -0.3 is 30.1 Å². The lowest BCUT2D eigenvalue weighted by atomic mass is 9.96. The number of benzene rings is 3. The highest BCUT2D eigenvalue weighted by molar-refractivity contribution is 5.99. The number of urea groups is 1. The summed E-state index contributed by atoms with van der Waals surface area (Å²) in [6, 6.07) is 22.6. The summed E-state index contributed by atoms with van der Waals surface area (Å²) in [5, 5.41) is 16.0. The molecule has 9 heteroatoms. The fourth-order valence-electron chi connectivity index (χ4n) is 6.09. The van der Waals surface area contributed by atoms with E-state index < -0.39 is 0 Å². The van der Waals surface area contributed by atoms with E-state index in [-0.39, 0.29) is 42.7 Å². The summed E-state index contributed by atoms with van der Waals surface area (Å²) in [4.78, 5) is 30.5. The molecule has 3 aromatic rings. The van der Waals surface area contributed by atoms with Crippen molar-refractivity contribution in [3.05, 3.63) is 83.9 Å². The van der Waals surface area contributed by atoms with Crippen LogP contribution in [-0.2, 0) is 6.54 Å². The van der Waals surface area contributed by atoms with Crippen LogP contribution in [0.3, 0.4) is 0 Å². The summed E-state index contributed by atoms with van der Waals surface area (Å²) < 4.78 is 12.5. The number of ether oxygens (including phenoxy) is 2. The molecule has 3 N–H and O–H groups in total. The fraction of sp³-hybridized carbons (Fsp3) is 0.444. The average Bonchev–Trinajstić information content (AvgIpc) is 3.04. The van der Waals surface area contributed by atoms with Crippen LogP contribution in [0.5, 0.6) is 17.2 Å². The zero-order valence-electron chi connectivity index (χ0n) is 26.6. The second-order valence-electron chi connectivity index (χ2n) is 12.5. The van der Waals surface area contributed by atoms with Gasteiger partial charge in [0, 0.05) is 37.3 Å². The van der Waals surface area contributed by atoms with Crippen molar-refractivity contribution in [2.45, 2.75) is 70.7 Å². The summed E-state index contributed by atoms with van der Waals surface area (Å²) in [7, 11) is 2.06. The van der Waals surface area contributed by atoms with Crippen molar-refractivity contribution in [3.8, 4) is 17.2 Å². The number of likely N-dealkylation sites (N-methyl/N-ethyl adjacent to an activating group) is 1. The molecule has 0 bridgehead atoms. The molecule has 9 nitrogen and oxygen atoms in total. The monoisotopic (exact) mass is 614 g/mol. The maximum absolute atomic E-state index is 13.8. The van der Waals surface area contributed by atoms with Gasteiger partial charge in [-0.25, -0.2) is 4.79 Å². The Morgan fingerprint density at radius 2 is 1.76 bits per heavy atom. The molecule has 1 saturated carbocycles. The minimum Gasteiger partial charge on any atom is -0.488 e. The number of nitrogens with one attached hydrogen (secondary N) is 2. The van der Waals surface area contributed by atoms with Gasteiger partial charge in [-0.2, -0.15) is 0 Å². The van der Waals surface area contributed by atoms with Crippen molar-refractivity contribution in [1.29, 1.82) is 0 Å². The molecule has 3 atom stereocenters. The second kappa shape index (κ2) is 15.3. The van der Waals surface area contributed by atoms with E-state index >= 15 is 0 Å². The van der Waals surface area contributed by atoms with Gasteiger partial charge in [0.15, 0.2) is 0 Å². The third-order valence-electron chi connectivity index (χ3n) is 8.71. The molecule has 1 fully saturated rings. The van der Waals surface area contributed by atoms with Crippen LogP contribution in [0.2, 0.25) is 0 Å². The first kappa shape index (κ1) is 32.3. The van der Waals surface area contributed by atoms with Crippen LogP contribution in [0.15, 0.2) is 72.8 Å². The molecule has 0 unspecified atom stereocenters. The molecule has 3 amide bonds. The first-order chi connectivity index (χ1) is 21.8. The van der Waals surface area contributed by atoms with Gasteiger partial charge >= 0.3 is 6.03 Å². The molecule has 0 saturated heterocycles. The van der Waals surface area contributed by atoms with Crippen LogP contribution >= 0.6 is 0 Å². The third-order valence-corrected chi connectivity index (χ3v) is 8.71.